The monoisotopic (exact) mass is 436 g/mol. The summed E-state index contributed by atoms with van der Waals surface area (Å²) in [5.74, 6) is -0.959. The SMILES string of the molecule is COC(=O)c1ccc(C)c(S(=O)(=O)NCC(c2ccc(F)cc2)N2CCOCC2)c1. The molecule has 7 nitrogen and oxygen atoms in total. The summed E-state index contributed by atoms with van der Waals surface area (Å²) < 4.78 is 52.2. The van der Waals surface area contributed by atoms with Crippen LogP contribution in [-0.2, 0) is 19.5 Å². The summed E-state index contributed by atoms with van der Waals surface area (Å²) in [6.45, 7) is 4.13. The summed E-state index contributed by atoms with van der Waals surface area (Å²) in [6, 6.07) is 10.2. The third kappa shape index (κ3) is 5.23. The number of rotatable bonds is 7. The predicted octanol–water partition coefficient (Wildman–Crippen LogP) is 2.27. The van der Waals surface area contributed by atoms with E-state index in [0.29, 0.717) is 31.9 Å². The molecule has 0 bridgehead atoms. The Morgan fingerprint density at radius 2 is 1.87 bits per heavy atom. The largest absolute Gasteiger partial charge is 0.465 e. The highest BCUT2D eigenvalue weighted by Crippen LogP contribution is 2.23. The van der Waals surface area contributed by atoms with Crippen LogP contribution in [0.4, 0.5) is 4.39 Å². The summed E-state index contributed by atoms with van der Waals surface area (Å²) in [7, 11) is -2.65. The predicted molar refractivity (Wildman–Crippen MR) is 109 cm³/mol. The van der Waals surface area contributed by atoms with Gasteiger partial charge in [0, 0.05) is 25.7 Å². The van der Waals surface area contributed by atoms with Crippen LogP contribution in [0, 0.1) is 12.7 Å². The van der Waals surface area contributed by atoms with Crippen molar-refractivity contribution in [2.75, 3.05) is 40.0 Å². The van der Waals surface area contributed by atoms with Crippen LogP contribution >= 0.6 is 0 Å². The van der Waals surface area contributed by atoms with E-state index in [0.717, 1.165) is 5.56 Å². The van der Waals surface area contributed by atoms with E-state index in [1.807, 2.05) is 0 Å². The molecule has 1 saturated heterocycles. The van der Waals surface area contributed by atoms with Crippen molar-refractivity contribution in [2.24, 2.45) is 0 Å². The number of benzene rings is 2. The summed E-state index contributed by atoms with van der Waals surface area (Å²) in [5.41, 5.74) is 1.48. The zero-order valence-electron chi connectivity index (χ0n) is 16.9. The average molecular weight is 437 g/mol. The number of nitrogens with one attached hydrogen (secondary N) is 1. The molecule has 9 heteroatoms. The van der Waals surface area contributed by atoms with Gasteiger partial charge in [0.25, 0.3) is 0 Å². The smallest absolute Gasteiger partial charge is 0.337 e. The van der Waals surface area contributed by atoms with Crippen LogP contribution in [-0.4, -0.2) is 59.2 Å². The number of sulfonamides is 1. The zero-order chi connectivity index (χ0) is 21.7. The van der Waals surface area contributed by atoms with Gasteiger partial charge in [-0.3, -0.25) is 4.90 Å². The van der Waals surface area contributed by atoms with Crippen LogP contribution in [0.1, 0.15) is 27.5 Å². The molecule has 1 aliphatic rings. The van der Waals surface area contributed by atoms with Crippen LogP contribution in [0.5, 0.6) is 0 Å². The molecule has 30 heavy (non-hydrogen) atoms. The van der Waals surface area contributed by atoms with Gasteiger partial charge in [0.15, 0.2) is 0 Å². The third-order valence-corrected chi connectivity index (χ3v) is 6.67. The molecule has 162 valence electrons. The van der Waals surface area contributed by atoms with Gasteiger partial charge in [-0.25, -0.2) is 22.3 Å². The number of aryl methyl sites for hydroxylation is 1. The molecule has 1 aliphatic heterocycles. The first-order valence-corrected chi connectivity index (χ1v) is 11.1. The molecule has 1 N–H and O–H groups in total. The number of ether oxygens (including phenoxy) is 2. The van der Waals surface area contributed by atoms with Gasteiger partial charge in [-0.2, -0.15) is 0 Å². The number of halogens is 1. The van der Waals surface area contributed by atoms with E-state index in [9.17, 15) is 17.6 Å². The van der Waals surface area contributed by atoms with Crippen LogP contribution < -0.4 is 4.72 Å². The number of carbonyl (C=O) groups is 1. The van der Waals surface area contributed by atoms with Crippen molar-refractivity contribution in [3.05, 3.63) is 65.0 Å². The highest BCUT2D eigenvalue weighted by Gasteiger charge is 2.26. The molecule has 0 aromatic heterocycles. The summed E-state index contributed by atoms with van der Waals surface area (Å²) in [5, 5.41) is 0. The lowest BCUT2D eigenvalue weighted by Crippen LogP contribution is -2.43. The lowest BCUT2D eigenvalue weighted by molar-refractivity contribution is 0.0172. The molecule has 1 fully saturated rings. The van der Waals surface area contributed by atoms with E-state index in [1.165, 1.54) is 31.4 Å². The molecule has 0 radical (unpaired) electrons. The van der Waals surface area contributed by atoms with Gasteiger partial charge >= 0.3 is 5.97 Å². The Kier molecular flexibility index (Phi) is 7.19. The minimum atomic E-state index is -3.89. The lowest BCUT2D eigenvalue weighted by Gasteiger charge is -2.35. The van der Waals surface area contributed by atoms with Gasteiger partial charge in [-0.15, -0.1) is 0 Å². The lowest BCUT2D eigenvalue weighted by atomic mass is 10.0. The minimum Gasteiger partial charge on any atom is -0.465 e. The van der Waals surface area contributed by atoms with Crippen molar-refractivity contribution in [2.45, 2.75) is 17.9 Å². The number of nitrogens with zero attached hydrogens (tertiary/aromatic N) is 1. The maximum Gasteiger partial charge on any atom is 0.337 e. The first-order valence-electron chi connectivity index (χ1n) is 9.57. The van der Waals surface area contributed by atoms with Crippen molar-refractivity contribution in [3.8, 4) is 0 Å². The summed E-state index contributed by atoms with van der Waals surface area (Å²) in [6.07, 6.45) is 0. The van der Waals surface area contributed by atoms with Gasteiger partial charge < -0.3 is 9.47 Å². The van der Waals surface area contributed by atoms with Crippen LogP contribution in [0.3, 0.4) is 0 Å². The van der Waals surface area contributed by atoms with Gasteiger partial charge in [-0.1, -0.05) is 18.2 Å². The van der Waals surface area contributed by atoms with Crippen LogP contribution in [0.15, 0.2) is 47.4 Å². The first kappa shape index (κ1) is 22.4. The maximum absolute atomic E-state index is 13.4. The third-order valence-electron chi connectivity index (χ3n) is 5.11. The zero-order valence-corrected chi connectivity index (χ0v) is 17.7. The number of hydrogen-bond donors (Lipinski definition) is 1. The van der Waals surface area contributed by atoms with E-state index < -0.39 is 16.0 Å². The fraction of sp³-hybridized carbons (Fsp3) is 0.381. The van der Waals surface area contributed by atoms with Crippen LogP contribution in [0.25, 0.3) is 0 Å². The Labute approximate surface area is 175 Å². The molecule has 0 spiro atoms. The standard InChI is InChI=1S/C21H25FN2O5S/c1-15-3-4-17(21(25)28-2)13-20(15)30(26,27)23-14-19(24-9-11-29-12-10-24)16-5-7-18(22)8-6-16/h3-8,13,19,23H,9-12,14H2,1-2H3. The van der Waals surface area contributed by atoms with Crippen molar-refractivity contribution in [1.29, 1.82) is 0 Å². The van der Waals surface area contributed by atoms with Gasteiger partial charge in [0.05, 0.1) is 30.8 Å². The van der Waals surface area contributed by atoms with E-state index in [1.54, 1.807) is 25.1 Å². The Morgan fingerprint density at radius 3 is 2.50 bits per heavy atom. The molecule has 2 aromatic carbocycles. The Bertz CT molecular complexity index is 989. The molecule has 0 aliphatic carbocycles. The van der Waals surface area contributed by atoms with Crippen molar-refractivity contribution in [1.82, 2.24) is 9.62 Å². The molecule has 1 heterocycles. The fourth-order valence-corrected chi connectivity index (χ4v) is 4.74. The summed E-state index contributed by atoms with van der Waals surface area (Å²) >= 11 is 0. The number of methoxy groups -OCH3 is 1. The molecule has 0 saturated carbocycles. The number of carbonyl (C=O) groups excluding carboxylic acids is 1. The Hall–Kier alpha value is -2.33. The number of hydrogen-bond acceptors (Lipinski definition) is 6. The topological polar surface area (TPSA) is 84.9 Å². The first-order chi connectivity index (χ1) is 14.3. The van der Waals surface area contributed by atoms with E-state index in [-0.39, 0.29) is 28.9 Å². The second kappa shape index (κ2) is 9.65. The molecule has 2 aromatic rings. The average Bonchev–Trinajstić information content (AvgIpc) is 2.75. The number of morpholine rings is 1. The highest BCUT2D eigenvalue weighted by atomic mass is 32.2. The summed E-state index contributed by atoms with van der Waals surface area (Å²) in [4.78, 5) is 13.9. The number of esters is 1. The molecular formula is C21H25FN2O5S. The van der Waals surface area contributed by atoms with Gasteiger partial charge in [0.1, 0.15) is 5.82 Å². The molecule has 1 atom stereocenters. The molecule has 3 rings (SSSR count). The van der Waals surface area contributed by atoms with Crippen LogP contribution in [0.2, 0.25) is 0 Å². The van der Waals surface area contributed by atoms with E-state index in [2.05, 4.69) is 14.4 Å². The van der Waals surface area contributed by atoms with Gasteiger partial charge in [-0.05, 0) is 42.3 Å². The van der Waals surface area contributed by atoms with Crippen molar-refractivity contribution < 1.29 is 27.1 Å². The van der Waals surface area contributed by atoms with Crippen molar-refractivity contribution in [3.63, 3.8) is 0 Å². The Balaban J connectivity index is 1.85. The Morgan fingerprint density at radius 1 is 1.20 bits per heavy atom. The highest BCUT2D eigenvalue weighted by molar-refractivity contribution is 7.89. The maximum atomic E-state index is 13.4. The second-order valence-corrected chi connectivity index (χ2v) is 8.77. The second-order valence-electron chi connectivity index (χ2n) is 7.04. The molecule has 0 amide bonds. The normalized spacial score (nSPS) is 16.2. The quantitative estimate of drug-likeness (QED) is 0.671. The fourth-order valence-electron chi connectivity index (χ4n) is 3.43. The van der Waals surface area contributed by atoms with Crippen molar-refractivity contribution >= 4 is 16.0 Å². The molecule has 1 unspecified atom stereocenters. The minimum absolute atomic E-state index is 0.0187. The van der Waals surface area contributed by atoms with E-state index >= 15 is 0 Å². The molecular weight excluding hydrogens is 411 g/mol. The van der Waals surface area contributed by atoms with E-state index in [4.69, 9.17) is 4.74 Å². The van der Waals surface area contributed by atoms with Gasteiger partial charge in [0.2, 0.25) is 10.0 Å².